The number of hydrogen-bond acceptors (Lipinski definition) is 2. The van der Waals surface area contributed by atoms with E-state index < -0.39 is 6.10 Å². The molecule has 0 saturated heterocycles. The summed E-state index contributed by atoms with van der Waals surface area (Å²) >= 11 is 3.50. The van der Waals surface area contributed by atoms with Crippen molar-refractivity contribution in [3.63, 3.8) is 0 Å². The Labute approximate surface area is 99.4 Å². The first-order chi connectivity index (χ1) is 7.06. The molecule has 0 saturated carbocycles. The first-order valence-corrected chi connectivity index (χ1v) is 5.65. The Morgan fingerprint density at radius 3 is 2.73 bits per heavy atom. The maximum absolute atomic E-state index is 9.43. The van der Waals surface area contributed by atoms with Gasteiger partial charge in [-0.1, -0.05) is 12.1 Å². The summed E-state index contributed by atoms with van der Waals surface area (Å²) in [5.41, 5.74) is 2.01. The highest BCUT2D eigenvalue weighted by Crippen LogP contribution is 2.28. The van der Waals surface area contributed by atoms with Gasteiger partial charge in [-0.15, -0.1) is 6.58 Å². The van der Waals surface area contributed by atoms with E-state index in [1.54, 1.807) is 6.92 Å². The van der Waals surface area contributed by atoms with Crippen molar-refractivity contribution in [1.82, 2.24) is 0 Å². The van der Waals surface area contributed by atoms with E-state index in [0.29, 0.717) is 0 Å². The molecule has 1 rings (SSSR count). The zero-order chi connectivity index (χ0) is 11.4. The third kappa shape index (κ3) is 3.08. The molecule has 0 bridgehead atoms. The lowest BCUT2D eigenvalue weighted by atomic mass is 10.1. The van der Waals surface area contributed by atoms with Crippen LogP contribution in [0, 0.1) is 0 Å². The van der Waals surface area contributed by atoms with Gasteiger partial charge in [0, 0.05) is 18.1 Å². The van der Waals surface area contributed by atoms with Gasteiger partial charge in [0.25, 0.3) is 0 Å². The van der Waals surface area contributed by atoms with Crippen LogP contribution in [0.3, 0.4) is 0 Å². The van der Waals surface area contributed by atoms with Gasteiger partial charge >= 0.3 is 0 Å². The second-order valence-electron chi connectivity index (χ2n) is 3.56. The summed E-state index contributed by atoms with van der Waals surface area (Å²) in [5.74, 6) is 0. The van der Waals surface area contributed by atoms with Gasteiger partial charge in [0.05, 0.1) is 11.8 Å². The molecule has 1 unspecified atom stereocenters. The minimum Gasteiger partial charge on any atom is -0.389 e. The van der Waals surface area contributed by atoms with Crippen LogP contribution in [0.25, 0.3) is 0 Å². The minimum atomic E-state index is -0.430. The number of halogens is 1. The highest BCUT2D eigenvalue weighted by Gasteiger charge is 2.07. The summed E-state index contributed by atoms with van der Waals surface area (Å²) < 4.78 is 0.991. The normalized spacial score (nSPS) is 12.3. The Hall–Kier alpha value is -0.800. The summed E-state index contributed by atoms with van der Waals surface area (Å²) in [4.78, 5) is 2.09. The molecular formula is C12H16BrNO. The number of benzene rings is 1. The summed E-state index contributed by atoms with van der Waals surface area (Å²) in [6.07, 6.45) is 1.43. The van der Waals surface area contributed by atoms with Gasteiger partial charge < -0.3 is 10.0 Å². The van der Waals surface area contributed by atoms with E-state index in [1.807, 2.05) is 31.3 Å². The second kappa shape index (κ2) is 5.33. The number of aliphatic hydroxyl groups is 1. The minimum absolute atomic E-state index is 0.430. The van der Waals surface area contributed by atoms with Gasteiger partial charge in [-0.2, -0.15) is 0 Å². The predicted octanol–water partition coefficient (Wildman–Crippen LogP) is 3.12. The molecule has 0 aliphatic carbocycles. The third-order valence-corrected chi connectivity index (χ3v) is 2.90. The van der Waals surface area contributed by atoms with Gasteiger partial charge in [0.15, 0.2) is 0 Å². The number of likely N-dealkylation sites (N-methyl/N-ethyl adjacent to an activating group) is 1. The van der Waals surface area contributed by atoms with Crippen molar-refractivity contribution in [2.75, 3.05) is 18.5 Å². The van der Waals surface area contributed by atoms with E-state index in [4.69, 9.17) is 0 Å². The van der Waals surface area contributed by atoms with E-state index in [9.17, 15) is 5.11 Å². The molecular weight excluding hydrogens is 254 g/mol. The lowest BCUT2D eigenvalue weighted by Crippen LogP contribution is -2.17. The molecule has 0 spiro atoms. The lowest BCUT2D eigenvalue weighted by molar-refractivity contribution is 0.199. The molecule has 1 N–H and O–H groups in total. The van der Waals surface area contributed by atoms with E-state index in [1.165, 1.54) is 0 Å². The fraction of sp³-hybridized carbons (Fsp3) is 0.333. The van der Waals surface area contributed by atoms with E-state index >= 15 is 0 Å². The third-order valence-electron chi connectivity index (χ3n) is 2.27. The second-order valence-corrected chi connectivity index (χ2v) is 4.41. The van der Waals surface area contributed by atoms with Crippen LogP contribution < -0.4 is 4.90 Å². The molecule has 2 nitrogen and oxygen atoms in total. The maximum Gasteiger partial charge on any atom is 0.0762 e. The Morgan fingerprint density at radius 1 is 1.60 bits per heavy atom. The van der Waals surface area contributed by atoms with Crippen LogP contribution in [-0.4, -0.2) is 18.7 Å². The molecule has 0 fully saturated rings. The van der Waals surface area contributed by atoms with Crippen LogP contribution in [0.5, 0.6) is 0 Å². The number of anilines is 1. The van der Waals surface area contributed by atoms with Crippen molar-refractivity contribution in [1.29, 1.82) is 0 Å². The van der Waals surface area contributed by atoms with Crippen LogP contribution in [-0.2, 0) is 0 Å². The summed E-state index contributed by atoms with van der Waals surface area (Å²) in [6.45, 7) is 6.26. The van der Waals surface area contributed by atoms with Gasteiger partial charge in [0.1, 0.15) is 0 Å². The molecule has 15 heavy (non-hydrogen) atoms. The number of aliphatic hydroxyl groups excluding tert-OH is 1. The highest BCUT2D eigenvalue weighted by atomic mass is 79.9. The Balaban J connectivity index is 2.97. The average Bonchev–Trinajstić information content (AvgIpc) is 2.17. The van der Waals surface area contributed by atoms with Gasteiger partial charge in [-0.25, -0.2) is 0 Å². The first kappa shape index (κ1) is 12.3. The molecule has 82 valence electrons. The van der Waals surface area contributed by atoms with E-state index in [0.717, 1.165) is 22.3 Å². The largest absolute Gasteiger partial charge is 0.389 e. The molecule has 1 atom stereocenters. The van der Waals surface area contributed by atoms with Gasteiger partial charge in [-0.3, -0.25) is 0 Å². The fourth-order valence-electron chi connectivity index (χ4n) is 1.38. The molecule has 0 aromatic heterocycles. The van der Waals surface area contributed by atoms with E-state index in [-0.39, 0.29) is 0 Å². The number of nitrogens with zero attached hydrogens (tertiary/aromatic N) is 1. The quantitative estimate of drug-likeness (QED) is 0.850. The molecule has 0 aliphatic rings. The molecule has 1 aromatic carbocycles. The van der Waals surface area contributed by atoms with Crippen molar-refractivity contribution >= 4 is 21.6 Å². The van der Waals surface area contributed by atoms with E-state index in [2.05, 4.69) is 27.4 Å². The van der Waals surface area contributed by atoms with Crippen molar-refractivity contribution in [3.05, 3.63) is 40.9 Å². The lowest BCUT2D eigenvalue weighted by Gasteiger charge is -2.19. The van der Waals surface area contributed by atoms with Crippen LogP contribution in [0.15, 0.2) is 35.3 Å². The van der Waals surface area contributed by atoms with Crippen LogP contribution in [0.2, 0.25) is 0 Å². The topological polar surface area (TPSA) is 23.5 Å². The summed E-state index contributed by atoms with van der Waals surface area (Å²) in [5, 5.41) is 9.43. The molecule has 1 aromatic rings. The molecule has 0 heterocycles. The van der Waals surface area contributed by atoms with Crippen LogP contribution in [0.4, 0.5) is 5.69 Å². The van der Waals surface area contributed by atoms with Crippen molar-refractivity contribution in [3.8, 4) is 0 Å². The SMILES string of the molecule is C=CCN(C)c1ccc(C(C)O)cc1Br. The average molecular weight is 270 g/mol. The fourth-order valence-corrected chi connectivity index (χ4v) is 2.08. The highest BCUT2D eigenvalue weighted by molar-refractivity contribution is 9.10. The van der Waals surface area contributed by atoms with Crippen LogP contribution >= 0.6 is 15.9 Å². The number of rotatable bonds is 4. The molecule has 0 radical (unpaired) electrons. The Morgan fingerprint density at radius 2 is 2.27 bits per heavy atom. The number of hydrogen-bond donors (Lipinski definition) is 1. The van der Waals surface area contributed by atoms with Crippen molar-refractivity contribution in [2.24, 2.45) is 0 Å². The van der Waals surface area contributed by atoms with Crippen molar-refractivity contribution in [2.45, 2.75) is 13.0 Å². The molecule has 0 aliphatic heterocycles. The zero-order valence-electron chi connectivity index (χ0n) is 9.07. The van der Waals surface area contributed by atoms with Gasteiger partial charge in [0.2, 0.25) is 0 Å². The smallest absolute Gasteiger partial charge is 0.0762 e. The molecule has 0 amide bonds. The maximum atomic E-state index is 9.43. The van der Waals surface area contributed by atoms with Crippen molar-refractivity contribution < 1.29 is 5.11 Å². The van der Waals surface area contributed by atoms with Crippen LogP contribution in [0.1, 0.15) is 18.6 Å². The summed E-state index contributed by atoms with van der Waals surface area (Å²) in [6, 6.07) is 5.87. The monoisotopic (exact) mass is 269 g/mol. The standard InChI is InChI=1S/C12H16BrNO/c1-4-7-14(3)12-6-5-10(9(2)15)8-11(12)13/h4-6,8-9,15H,1,7H2,2-3H3. The summed E-state index contributed by atoms with van der Waals surface area (Å²) in [7, 11) is 2.00. The predicted molar refractivity (Wildman–Crippen MR) is 68.2 cm³/mol. The van der Waals surface area contributed by atoms with Gasteiger partial charge in [-0.05, 0) is 40.5 Å². The first-order valence-electron chi connectivity index (χ1n) is 4.85. The zero-order valence-corrected chi connectivity index (χ0v) is 10.7. The Kier molecular flexibility index (Phi) is 4.36. The molecule has 3 heteroatoms. The Bertz CT molecular complexity index is 349.